The monoisotopic (exact) mass is 166 g/mol. The molecule has 0 radical (unpaired) electrons. The average molecular weight is 166 g/mol. The third-order valence-corrected chi connectivity index (χ3v) is 2.24. The summed E-state index contributed by atoms with van der Waals surface area (Å²) in [5.74, 6) is 5.51. The highest BCUT2D eigenvalue weighted by Gasteiger charge is 2.15. The lowest BCUT2D eigenvalue weighted by Gasteiger charge is -2.24. The van der Waals surface area contributed by atoms with Crippen molar-refractivity contribution >= 4 is 0 Å². The molecule has 0 bridgehead atoms. The van der Waals surface area contributed by atoms with E-state index in [0.717, 1.165) is 24.1 Å². The van der Waals surface area contributed by atoms with Gasteiger partial charge in [-0.1, -0.05) is 12.1 Å². The molecule has 0 unspecified atom stereocenters. The van der Waals surface area contributed by atoms with Crippen molar-refractivity contribution in [3.05, 3.63) is 35.1 Å². The Bertz CT molecular complexity index is 299. The molecule has 0 amide bonds. The van der Waals surface area contributed by atoms with Gasteiger partial charge in [-0.05, 0) is 23.6 Å². The SMILES string of the molecule is NN1CCc2c(F)cccc2C1. The van der Waals surface area contributed by atoms with Crippen LogP contribution in [-0.2, 0) is 13.0 Å². The zero-order valence-corrected chi connectivity index (χ0v) is 6.76. The Labute approximate surface area is 70.8 Å². The van der Waals surface area contributed by atoms with Crippen LogP contribution >= 0.6 is 0 Å². The Hall–Kier alpha value is -0.930. The van der Waals surface area contributed by atoms with Crippen LogP contribution in [0.5, 0.6) is 0 Å². The van der Waals surface area contributed by atoms with E-state index in [9.17, 15) is 4.39 Å². The van der Waals surface area contributed by atoms with Crippen molar-refractivity contribution in [3.63, 3.8) is 0 Å². The zero-order chi connectivity index (χ0) is 8.55. The van der Waals surface area contributed by atoms with Gasteiger partial charge in [0, 0.05) is 13.1 Å². The summed E-state index contributed by atoms with van der Waals surface area (Å²) in [6.45, 7) is 1.40. The molecular formula is C9H11FN2. The first-order chi connectivity index (χ1) is 5.77. The maximum atomic E-state index is 13.1. The average Bonchev–Trinajstić information content (AvgIpc) is 2.04. The maximum absolute atomic E-state index is 13.1. The van der Waals surface area contributed by atoms with Gasteiger partial charge < -0.3 is 0 Å². The standard InChI is InChI=1S/C9H11FN2/c10-9-3-1-2-7-6-12(11)5-4-8(7)9/h1-3H,4-6,11H2. The molecule has 0 atom stereocenters. The van der Waals surface area contributed by atoms with Gasteiger partial charge in [-0.25, -0.2) is 9.40 Å². The molecule has 0 aliphatic carbocycles. The first-order valence-corrected chi connectivity index (χ1v) is 4.03. The molecule has 1 aromatic carbocycles. The van der Waals surface area contributed by atoms with Crippen LogP contribution in [-0.4, -0.2) is 11.6 Å². The molecule has 1 aromatic rings. The summed E-state index contributed by atoms with van der Waals surface area (Å²) in [7, 11) is 0. The van der Waals surface area contributed by atoms with E-state index in [2.05, 4.69) is 0 Å². The number of nitrogens with two attached hydrogens (primary N) is 1. The van der Waals surface area contributed by atoms with Crippen LogP contribution in [0.25, 0.3) is 0 Å². The molecule has 3 heteroatoms. The molecule has 1 aliphatic heterocycles. The van der Waals surface area contributed by atoms with E-state index in [1.54, 1.807) is 11.1 Å². The number of hydrazine groups is 1. The summed E-state index contributed by atoms with van der Waals surface area (Å²) in [6, 6.07) is 5.16. The van der Waals surface area contributed by atoms with Gasteiger partial charge in [0.1, 0.15) is 5.82 Å². The predicted molar refractivity (Wildman–Crippen MR) is 44.7 cm³/mol. The normalized spacial score (nSPS) is 17.5. The molecule has 2 nitrogen and oxygen atoms in total. The molecular weight excluding hydrogens is 155 g/mol. The van der Waals surface area contributed by atoms with E-state index in [1.165, 1.54) is 6.07 Å². The minimum Gasteiger partial charge on any atom is -0.268 e. The lowest BCUT2D eigenvalue weighted by Crippen LogP contribution is -2.36. The first-order valence-electron chi connectivity index (χ1n) is 4.03. The Morgan fingerprint density at radius 1 is 1.42 bits per heavy atom. The van der Waals surface area contributed by atoms with Crippen LogP contribution in [0.4, 0.5) is 4.39 Å². The summed E-state index contributed by atoms with van der Waals surface area (Å²) in [5.41, 5.74) is 1.85. The van der Waals surface area contributed by atoms with E-state index >= 15 is 0 Å². The Kier molecular flexibility index (Phi) is 1.83. The highest BCUT2D eigenvalue weighted by molar-refractivity contribution is 5.30. The smallest absolute Gasteiger partial charge is 0.126 e. The van der Waals surface area contributed by atoms with E-state index in [1.807, 2.05) is 6.07 Å². The van der Waals surface area contributed by atoms with Crippen LogP contribution in [0.1, 0.15) is 11.1 Å². The van der Waals surface area contributed by atoms with Crippen LogP contribution < -0.4 is 5.84 Å². The minimum atomic E-state index is -0.0967. The summed E-state index contributed by atoms with van der Waals surface area (Å²) >= 11 is 0. The Balaban J connectivity index is 2.42. The Morgan fingerprint density at radius 2 is 2.25 bits per heavy atom. The molecule has 0 aromatic heterocycles. The lowest BCUT2D eigenvalue weighted by molar-refractivity contribution is 0.260. The van der Waals surface area contributed by atoms with Crippen molar-refractivity contribution in [1.82, 2.24) is 5.01 Å². The topological polar surface area (TPSA) is 29.3 Å². The molecule has 0 saturated heterocycles. The van der Waals surface area contributed by atoms with Crippen molar-refractivity contribution < 1.29 is 4.39 Å². The molecule has 0 spiro atoms. The number of fused-ring (bicyclic) bond motifs is 1. The minimum absolute atomic E-state index is 0.0967. The van der Waals surface area contributed by atoms with Gasteiger partial charge in [-0.3, -0.25) is 5.84 Å². The Morgan fingerprint density at radius 3 is 3.08 bits per heavy atom. The van der Waals surface area contributed by atoms with Gasteiger partial charge >= 0.3 is 0 Å². The van der Waals surface area contributed by atoms with Crippen LogP contribution in [0.2, 0.25) is 0 Å². The van der Waals surface area contributed by atoms with Crippen molar-refractivity contribution in [1.29, 1.82) is 0 Å². The molecule has 0 saturated carbocycles. The number of benzene rings is 1. The molecule has 1 aliphatic rings. The third-order valence-electron chi connectivity index (χ3n) is 2.24. The van der Waals surface area contributed by atoms with Gasteiger partial charge in [-0.15, -0.1) is 0 Å². The molecule has 2 rings (SSSR count). The number of hydrogen-bond donors (Lipinski definition) is 1. The predicted octanol–water partition coefficient (Wildman–Crippen LogP) is 1.06. The van der Waals surface area contributed by atoms with Crippen molar-refractivity contribution in [2.75, 3.05) is 6.54 Å². The summed E-state index contributed by atoms with van der Waals surface area (Å²) < 4.78 is 13.1. The van der Waals surface area contributed by atoms with Gasteiger partial charge in [-0.2, -0.15) is 0 Å². The largest absolute Gasteiger partial charge is 0.268 e. The van der Waals surface area contributed by atoms with E-state index in [-0.39, 0.29) is 5.82 Å². The van der Waals surface area contributed by atoms with E-state index < -0.39 is 0 Å². The number of hydrogen-bond acceptors (Lipinski definition) is 2. The van der Waals surface area contributed by atoms with Crippen LogP contribution in [0.15, 0.2) is 18.2 Å². The number of rotatable bonds is 0. The summed E-state index contributed by atoms with van der Waals surface area (Å²) in [6.07, 6.45) is 0.721. The fourth-order valence-corrected chi connectivity index (χ4v) is 1.58. The van der Waals surface area contributed by atoms with Crippen molar-refractivity contribution in [2.45, 2.75) is 13.0 Å². The zero-order valence-electron chi connectivity index (χ0n) is 6.76. The van der Waals surface area contributed by atoms with Gasteiger partial charge in [0.2, 0.25) is 0 Å². The van der Waals surface area contributed by atoms with Gasteiger partial charge in [0.25, 0.3) is 0 Å². The van der Waals surface area contributed by atoms with E-state index in [4.69, 9.17) is 5.84 Å². The summed E-state index contributed by atoms with van der Waals surface area (Å²) in [4.78, 5) is 0. The second-order valence-corrected chi connectivity index (χ2v) is 3.10. The quantitative estimate of drug-likeness (QED) is 0.584. The number of halogens is 1. The van der Waals surface area contributed by atoms with E-state index in [0.29, 0.717) is 6.54 Å². The fraction of sp³-hybridized carbons (Fsp3) is 0.333. The van der Waals surface area contributed by atoms with Gasteiger partial charge in [0.15, 0.2) is 0 Å². The maximum Gasteiger partial charge on any atom is 0.126 e. The molecule has 64 valence electrons. The molecule has 12 heavy (non-hydrogen) atoms. The van der Waals surface area contributed by atoms with Crippen molar-refractivity contribution in [2.24, 2.45) is 5.84 Å². The second kappa shape index (κ2) is 2.84. The van der Waals surface area contributed by atoms with Gasteiger partial charge in [0.05, 0.1) is 0 Å². The molecule has 1 heterocycles. The van der Waals surface area contributed by atoms with Crippen LogP contribution in [0.3, 0.4) is 0 Å². The third kappa shape index (κ3) is 1.21. The molecule has 0 fully saturated rings. The summed E-state index contributed by atoms with van der Waals surface area (Å²) in [5, 5.41) is 1.71. The van der Waals surface area contributed by atoms with Crippen LogP contribution in [0, 0.1) is 5.82 Å². The number of nitrogens with zero attached hydrogens (tertiary/aromatic N) is 1. The lowest BCUT2D eigenvalue weighted by atomic mass is 10.0. The molecule has 2 N–H and O–H groups in total. The van der Waals surface area contributed by atoms with Crippen molar-refractivity contribution in [3.8, 4) is 0 Å². The second-order valence-electron chi connectivity index (χ2n) is 3.10. The highest BCUT2D eigenvalue weighted by atomic mass is 19.1. The fourth-order valence-electron chi connectivity index (χ4n) is 1.58. The highest BCUT2D eigenvalue weighted by Crippen LogP contribution is 2.19. The first kappa shape index (κ1) is 7.71.